The van der Waals surface area contributed by atoms with E-state index in [9.17, 15) is 0 Å². The first-order valence-corrected chi connectivity index (χ1v) is 6.99. The molecule has 0 bridgehead atoms. The van der Waals surface area contributed by atoms with E-state index in [4.69, 9.17) is 9.31 Å². The van der Waals surface area contributed by atoms with Crippen LogP contribution in [-0.4, -0.2) is 25.9 Å². The van der Waals surface area contributed by atoms with Crippen molar-refractivity contribution in [1.82, 2.24) is 0 Å². The summed E-state index contributed by atoms with van der Waals surface area (Å²) >= 11 is 0. The Morgan fingerprint density at radius 2 is 0.722 bits per heavy atom. The van der Waals surface area contributed by atoms with Crippen molar-refractivity contribution in [2.24, 2.45) is 10.8 Å². The SMILES string of the molecule is CC(C)(C)C(C)(C)OBBOC(C)(C)C(C)(C)C. The summed E-state index contributed by atoms with van der Waals surface area (Å²) < 4.78 is 12.0. The lowest BCUT2D eigenvalue weighted by Crippen LogP contribution is -2.45. The third-order valence-corrected chi connectivity index (χ3v) is 4.62. The standard InChI is InChI=1S/C14H32B2O2/c1-11(2,3)13(7,8)17-15-16-18-14(9,10)12(4,5)6/h15-16H,1-10H3. The molecule has 0 unspecified atom stereocenters. The van der Waals surface area contributed by atoms with Crippen molar-refractivity contribution in [2.75, 3.05) is 0 Å². The topological polar surface area (TPSA) is 18.5 Å². The molecule has 0 aromatic carbocycles. The molecule has 0 radical (unpaired) electrons. The van der Waals surface area contributed by atoms with Crippen molar-refractivity contribution in [3.63, 3.8) is 0 Å². The third kappa shape index (κ3) is 4.97. The first-order chi connectivity index (χ1) is 7.71. The van der Waals surface area contributed by atoms with E-state index in [1.165, 1.54) is 0 Å². The van der Waals surface area contributed by atoms with E-state index in [-0.39, 0.29) is 22.0 Å². The fraction of sp³-hybridized carbons (Fsp3) is 1.00. The van der Waals surface area contributed by atoms with Crippen molar-refractivity contribution in [3.05, 3.63) is 0 Å². The van der Waals surface area contributed by atoms with Gasteiger partial charge in [-0.2, -0.15) is 0 Å². The van der Waals surface area contributed by atoms with Gasteiger partial charge in [-0.15, -0.1) is 0 Å². The van der Waals surface area contributed by atoms with E-state index < -0.39 is 0 Å². The zero-order chi connectivity index (χ0) is 14.8. The van der Waals surface area contributed by atoms with Crippen LogP contribution >= 0.6 is 0 Å². The minimum Gasteiger partial charge on any atom is -0.440 e. The van der Waals surface area contributed by atoms with Gasteiger partial charge >= 0.3 is 0 Å². The maximum atomic E-state index is 5.98. The van der Waals surface area contributed by atoms with Crippen LogP contribution in [0.1, 0.15) is 69.2 Å². The van der Waals surface area contributed by atoms with Crippen molar-refractivity contribution >= 4 is 14.7 Å². The lowest BCUT2D eigenvalue weighted by Gasteiger charge is -2.41. The predicted molar refractivity (Wildman–Crippen MR) is 83.5 cm³/mol. The van der Waals surface area contributed by atoms with Gasteiger partial charge < -0.3 is 9.31 Å². The molecule has 0 aliphatic carbocycles. The molecule has 4 heteroatoms. The van der Waals surface area contributed by atoms with Gasteiger partial charge in [0.05, 0.1) is 0 Å². The van der Waals surface area contributed by atoms with Gasteiger partial charge in [-0.25, -0.2) is 0 Å². The molecule has 0 rings (SSSR count). The maximum Gasteiger partial charge on any atom is 0.272 e. The van der Waals surface area contributed by atoms with Crippen LogP contribution in [0.3, 0.4) is 0 Å². The Morgan fingerprint density at radius 3 is 0.889 bits per heavy atom. The molecule has 0 atom stereocenters. The molecule has 0 aromatic rings. The monoisotopic (exact) mass is 254 g/mol. The van der Waals surface area contributed by atoms with Gasteiger partial charge in [0, 0.05) is 11.2 Å². The predicted octanol–water partition coefficient (Wildman–Crippen LogP) is 3.29. The summed E-state index contributed by atoms with van der Waals surface area (Å²) in [6.45, 7) is 21.8. The van der Waals surface area contributed by atoms with Gasteiger partial charge in [-0.1, -0.05) is 41.5 Å². The van der Waals surface area contributed by atoms with E-state index in [2.05, 4.69) is 69.2 Å². The molecule has 106 valence electrons. The molecule has 0 amide bonds. The molecule has 18 heavy (non-hydrogen) atoms. The van der Waals surface area contributed by atoms with Gasteiger partial charge in [-0.05, 0) is 38.5 Å². The van der Waals surface area contributed by atoms with Crippen molar-refractivity contribution in [2.45, 2.75) is 80.4 Å². The lowest BCUT2D eigenvalue weighted by atomic mass is 9.61. The summed E-state index contributed by atoms with van der Waals surface area (Å²) in [5, 5.41) is 0. The normalized spacial score (nSPS) is 14.6. The highest BCUT2D eigenvalue weighted by Crippen LogP contribution is 2.34. The van der Waals surface area contributed by atoms with Gasteiger partial charge in [0.15, 0.2) is 0 Å². The van der Waals surface area contributed by atoms with E-state index >= 15 is 0 Å². The van der Waals surface area contributed by atoms with Crippen molar-refractivity contribution < 1.29 is 9.31 Å². The molecule has 0 heterocycles. The fourth-order valence-electron chi connectivity index (χ4n) is 1.03. The van der Waals surface area contributed by atoms with Crippen LogP contribution < -0.4 is 0 Å². The maximum absolute atomic E-state index is 5.98. The Morgan fingerprint density at radius 1 is 0.500 bits per heavy atom. The number of hydrogen-bond acceptors (Lipinski definition) is 2. The van der Waals surface area contributed by atoms with Crippen molar-refractivity contribution in [3.8, 4) is 0 Å². The lowest BCUT2D eigenvalue weighted by molar-refractivity contribution is -0.00479. The molecule has 0 aliphatic heterocycles. The Labute approximate surface area is 116 Å². The summed E-state index contributed by atoms with van der Waals surface area (Å²) in [6.07, 6.45) is 0. The third-order valence-electron chi connectivity index (χ3n) is 4.62. The van der Waals surface area contributed by atoms with Crippen LogP contribution in [0.2, 0.25) is 0 Å². The molecule has 0 N–H and O–H groups in total. The van der Waals surface area contributed by atoms with E-state index in [1.54, 1.807) is 0 Å². The molecule has 0 spiro atoms. The van der Waals surface area contributed by atoms with Crippen molar-refractivity contribution in [1.29, 1.82) is 0 Å². The Balaban J connectivity index is 4.17. The van der Waals surface area contributed by atoms with Gasteiger partial charge in [0.1, 0.15) is 0 Å². The first kappa shape index (κ1) is 18.0. The largest absolute Gasteiger partial charge is 0.440 e. The van der Waals surface area contributed by atoms with Gasteiger partial charge in [0.25, 0.3) is 14.7 Å². The zero-order valence-corrected chi connectivity index (χ0v) is 14.2. The fourth-order valence-corrected chi connectivity index (χ4v) is 1.03. The Bertz CT molecular complexity index is 232. The minimum absolute atomic E-state index is 0.131. The molecule has 0 aliphatic rings. The van der Waals surface area contributed by atoms with Crippen LogP contribution in [0, 0.1) is 10.8 Å². The highest BCUT2D eigenvalue weighted by atomic mass is 16.5. The van der Waals surface area contributed by atoms with E-state index in [1.807, 2.05) is 0 Å². The van der Waals surface area contributed by atoms with Crippen LogP contribution in [0.25, 0.3) is 0 Å². The second-order valence-corrected chi connectivity index (χ2v) is 8.22. The Kier molecular flexibility index (Phi) is 5.60. The van der Waals surface area contributed by atoms with Crippen LogP contribution in [0.4, 0.5) is 0 Å². The summed E-state index contributed by atoms with van der Waals surface area (Å²) in [6, 6.07) is 0. The second kappa shape index (κ2) is 5.58. The number of hydrogen-bond donors (Lipinski definition) is 0. The zero-order valence-electron chi connectivity index (χ0n) is 14.2. The minimum atomic E-state index is -0.137. The first-order valence-electron chi connectivity index (χ1n) is 6.99. The van der Waals surface area contributed by atoms with E-state index in [0.717, 1.165) is 0 Å². The molecular weight excluding hydrogens is 222 g/mol. The highest BCUT2D eigenvalue weighted by Gasteiger charge is 2.35. The summed E-state index contributed by atoms with van der Waals surface area (Å²) in [5.74, 6) is 0. The van der Waals surface area contributed by atoms with Crippen LogP contribution in [-0.2, 0) is 9.31 Å². The Hall–Kier alpha value is 0.0499. The summed E-state index contributed by atoms with van der Waals surface area (Å²) in [4.78, 5) is 0. The second-order valence-electron chi connectivity index (χ2n) is 8.22. The molecule has 0 saturated carbocycles. The highest BCUT2D eigenvalue weighted by molar-refractivity contribution is 6.93. The molecule has 2 nitrogen and oxygen atoms in total. The van der Waals surface area contributed by atoms with Crippen LogP contribution in [0.5, 0.6) is 0 Å². The molecule has 0 aromatic heterocycles. The molecular formula is C14H32B2O2. The number of rotatable bonds is 5. The van der Waals surface area contributed by atoms with Gasteiger partial charge in [-0.3, -0.25) is 0 Å². The smallest absolute Gasteiger partial charge is 0.272 e. The average molecular weight is 254 g/mol. The summed E-state index contributed by atoms with van der Waals surface area (Å²) in [7, 11) is 1.29. The van der Waals surface area contributed by atoms with Gasteiger partial charge in [0.2, 0.25) is 0 Å². The average Bonchev–Trinajstić information content (AvgIpc) is 2.08. The molecule has 0 fully saturated rings. The quantitative estimate of drug-likeness (QED) is 0.553. The van der Waals surface area contributed by atoms with Crippen LogP contribution in [0.15, 0.2) is 0 Å². The van der Waals surface area contributed by atoms with E-state index in [0.29, 0.717) is 14.7 Å². The summed E-state index contributed by atoms with van der Waals surface area (Å²) in [5.41, 5.74) is -0.0104. The molecule has 0 saturated heterocycles.